The van der Waals surface area contributed by atoms with Gasteiger partial charge < -0.3 is 0 Å². The van der Waals surface area contributed by atoms with Crippen molar-refractivity contribution >= 4 is 5.97 Å². The Bertz CT molecular complexity index is 257. The first-order valence-corrected chi connectivity index (χ1v) is 10.3. The highest BCUT2D eigenvalue weighted by Crippen LogP contribution is 2.37. The zero-order chi connectivity index (χ0) is 17.4. The van der Waals surface area contributed by atoms with Crippen LogP contribution in [0.15, 0.2) is 0 Å². The lowest BCUT2D eigenvalue weighted by atomic mass is 9.74. The van der Waals surface area contributed by atoms with Gasteiger partial charge in [0, 0.05) is 0 Å². The third-order valence-corrected chi connectivity index (χ3v) is 5.18. The smallest absolute Gasteiger partial charge is 0.247 e. The lowest BCUT2D eigenvalue weighted by molar-refractivity contribution is -0.157. The van der Waals surface area contributed by atoms with Crippen LogP contribution in [0, 0.1) is 5.41 Å². The Morgan fingerprint density at radius 3 is 1.30 bits per heavy atom. The van der Waals surface area contributed by atoms with Gasteiger partial charge in [0.05, 0.1) is 5.41 Å². The summed E-state index contributed by atoms with van der Waals surface area (Å²) in [5, 5.41) is 11.8. The predicted octanol–water partition coefficient (Wildman–Crippen LogP) is 7.23. The van der Waals surface area contributed by atoms with E-state index in [0.29, 0.717) is 0 Å². The zero-order valence-corrected chi connectivity index (χ0v) is 16.1. The first kappa shape index (κ1) is 22.5. The van der Waals surface area contributed by atoms with Crippen molar-refractivity contribution in [2.75, 3.05) is 0 Å². The summed E-state index contributed by atoms with van der Waals surface area (Å²) in [5.41, 5.74) is -0.551. The molecule has 0 bridgehead atoms. The van der Waals surface area contributed by atoms with Crippen LogP contribution in [0.4, 0.5) is 0 Å². The molecule has 2 heteroatoms. The normalized spacial score (nSPS) is 11.8. The van der Waals surface area contributed by atoms with E-state index in [-0.39, 0.29) is 0 Å². The maximum atomic E-state index is 11.8. The molecule has 0 aromatic rings. The molecule has 0 amide bonds. The van der Waals surface area contributed by atoms with E-state index in [2.05, 4.69) is 20.8 Å². The molecule has 0 aliphatic carbocycles. The molecule has 0 aromatic carbocycles. The summed E-state index contributed by atoms with van der Waals surface area (Å²) in [5.74, 6) is -0.790. The van der Waals surface area contributed by atoms with E-state index in [1.54, 1.807) is 0 Å². The van der Waals surface area contributed by atoms with Crippen LogP contribution in [-0.2, 0) is 9.90 Å². The Hall–Kier alpha value is -0.530. The van der Waals surface area contributed by atoms with Crippen molar-refractivity contribution in [3.05, 3.63) is 0 Å². The molecule has 0 heterocycles. The second kappa shape index (κ2) is 15.0. The molecule has 0 atom stereocenters. The van der Waals surface area contributed by atoms with Crippen molar-refractivity contribution in [3.63, 3.8) is 0 Å². The van der Waals surface area contributed by atoms with Crippen molar-refractivity contribution in [2.24, 2.45) is 5.41 Å². The topological polar surface area (TPSA) is 37.0 Å². The fraction of sp³-hybridized carbons (Fsp3) is 0.952. The van der Waals surface area contributed by atoms with Crippen molar-refractivity contribution in [1.82, 2.24) is 0 Å². The fourth-order valence-corrected chi connectivity index (χ4v) is 3.65. The molecule has 0 aromatic heterocycles. The van der Waals surface area contributed by atoms with Gasteiger partial charge in [-0.2, -0.15) is 0 Å². The van der Waals surface area contributed by atoms with Crippen LogP contribution in [-0.4, -0.2) is 5.97 Å². The molecule has 0 unspecified atom stereocenters. The number of hydrogen-bond acceptors (Lipinski definition) is 1. The standard InChI is InChI=1S/C21H41O2/c1-4-7-9-11-13-15-18-21(17-6-3,20(22)23)19-16-14-12-10-8-5-2/h4-19H2,1-3H3. The molecule has 23 heavy (non-hydrogen) atoms. The monoisotopic (exact) mass is 325 g/mol. The van der Waals surface area contributed by atoms with Crippen LogP contribution in [0.1, 0.15) is 124 Å². The van der Waals surface area contributed by atoms with E-state index < -0.39 is 11.4 Å². The summed E-state index contributed by atoms with van der Waals surface area (Å²) in [6, 6.07) is 0. The molecule has 0 aliphatic rings. The number of unbranched alkanes of at least 4 members (excludes halogenated alkanes) is 10. The molecule has 0 spiro atoms. The Morgan fingerprint density at radius 1 is 0.565 bits per heavy atom. The highest BCUT2D eigenvalue weighted by molar-refractivity contribution is 5.74. The molecule has 137 valence electrons. The SMILES string of the molecule is CCCCCCCCC(CCC)(CCCCCCCC)C([O])=O. The molecule has 0 rings (SSSR count). The lowest BCUT2D eigenvalue weighted by Gasteiger charge is -2.28. The summed E-state index contributed by atoms with van der Waals surface area (Å²) in [7, 11) is 0. The first-order chi connectivity index (χ1) is 11.1. The third-order valence-electron chi connectivity index (χ3n) is 5.18. The summed E-state index contributed by atoms with van der Waals surface area (Å²) in [6.45, 7) is 6.55. The Labute approximate surface area is 145 Å². The van der Waals surface area contributed by atoms with Crippen LogP contribution < -0.4 is 0 Å². The number of rotatable bonds is 17. The Morgan fingerprint density at radius 2 is 0.957 bits per heavy atom. The van der Waals surface area contributed by atoms with Gasteiger partial charge in [0.15, 0.2) is 0 Å². The maximum Gasteiger partial charge on any atom is 0.361 e. The molecular formula is C21H41O2. The quantitative estimate of drug-likeness (QED) is 0.260. The van der Waals surface area contributed by atoms with Gasteiger partial charge in [0.25, 0.3) is 0 Å². The molecule has 0 aliphatic heterocycles. The van der Waals surface area contributed by atoms with Gasteiger partial charge >= 0.3 is 5.97 Å². The third kappa shape index (κ3) is 10.8. The minimum atomic E-state index is -0.790. The van der Waals surface area contributed by atoms with Crippen molar-refractivity contribution in [2.45, 2.75) is 124 Å². The molecule has 0 saturated heterocycles. The largest absolute Gasteiger partial charge is 0.361 e. The van der Waals surface area contributed by atoms with Crippen LogP contribution in [0.2, 0.25) is 0 Å². The van der Waals surface area contributed by atoms with Crippen LogP contribution in [0.5, 0.6) is 0 Å². The lowest BCUT2D eigenvalue weighted by Crippen LogP contribution is -2.30. The second-order valence-corrected chi connectivity index (χ2v) is 7.35. The van der Waals surface area contributed by atoms with Crippen LogP contribution in [0.25, 0.3) is 0 Å². The van der Waals surface area contributed by atoms with Gasteiger partial charge in [-0.15, -0.1) is 0 Å². The van der Waals surface area contributed by atoms with Crippen LogP contribution in [0.3, 0.4) is 0 Å². The molecule has 0 fully saturated rings. The van der Waals surface area contributed by atoms with E-state index in [9.17, 15) is 9.90 Å². The average Bonchev–Trinajstić information content (AvgIpc) is 2.53. The molecule has 2 nitrogen and oxygen atoms in total. The number of carbonyl (C=O) groups excluding carboxylic acids is 1. The van der Waals surface area contributed by atoms with E-state index >= 15 is 0 Å². The van der Waals surface area contributed by atoms with Gasteiger partial charge in [-0.25, -0.2) is 9.90 Å². The van der Waals surface area contributed by atoms with E-state index in [0.717, 1.165) is 38.5 Å². The van der Waals surface area contributed by atoms with Gasteiger partial charge in [0.1, 0.15) is 0 Å². The van der Waals surface area contributed by atoms with Gasteiger partial charge in [-0.3, -0.25) is 0 Å². The molecular weight excluding hydrogens is 284 g/mol. The van der Waals surface area contributed by atoms with Crippen molar-refractivity contribution < 1.29 is 9.90 Å². The second-order valence-electron chi connectivity index (χ2n) is 7.35. The van der Waals surface area contributed by atoms with Gasteiger partial charge in [0.2, 0.25) is 0 Å². The Kier molecular flexibility index (Phi) is 14.7. The highest BCUT2D eigenvalue weighted by atomic mass is 16.4. The molecule has 0 N–H and O–H groups in total. The van der Waals surface area contributed by atoms with Crippen molar-refractivity contribution in [3.8, 4) is 0 Å². The zero-order valence-electron chi connectivity index (χ0n) is 16.1. The molecule has 1 radical (unpaired) electrons. The summed E-state index contributed by atoms with van der Waals surface area (Å²) in [4.78, 5) is 11.8. The van der Waals surface area contributed by atoms with Crippen LogP contribution >= 0.6 is 0 Å². The summed E-state index contributed by atoms with van der Waals surface area (Å²) >= 11 is 0. The Balaban J connectivity index is 4.20. The fourth-order valence-electron chi connectivity index (χ4n) is 3.65. The van der Waals surface area contributed by atoms with Crippen molar-refractivity contribution in [1.29, 1.82) is 0 Å². The summed E-state index contributed by atoms with van der Waals surface area (Å²) < 4.78 is 0. The average molecular weight is 326 g/mol. The summed E-state index contributed by atoms with van der Waals surface area (Å²) in [6.07, 6.45) is 18.0. The minimum absolute atomic E-state index is 0.551. The maximum absolute atomic E-state index is 11.8. The first-order valence-electron chi connectivity index (χ1n) is 10.3. The van der Waals surface area contributed by atoms with E-state index in [4.69, 9.17) is 0 Å². The van der Waals surface area contributed by atoms with E-state index in [1.807, 2.05) is 0 Å². The number of carbonyl (C=O) groups is 1. The highest BCUT2D eigenvalue weighted by Gasteiger charge is 2.37. The van der Waals surface area contributed by atoms with E-state index in [1.165, 1.54) is 64.2 Å². The predicted molar refractivity (Wildman–Crippen MR) is 99.0 cm³/mol. The minimum Gasteiger partial charge on any atom is -0.247 e. The van der Waals surface area contributed by atoms with Gasteiger partial charge in [-0.1, -0.05) is 104 Å². The number of hydrogen-bond donors (Lipinski definition) is 0. The van der Waals surface area contributed by atoms with Gasteiger partial charge in [-0.05, 0) is 19.3 Å². The molecule has 0 saturated carbocycles.